The highest BCUT2D eigenvalue weighted by Gasteiger charge is 2.33. The van der Waals surface area contributed by atoms with Crippen molar-refractivity contribution in [1.29, 1.82) is 0 Å². The summed E-state index contributed by atoms with van der Waals surface area (Å²) in [5.41, 5.74) is 3.91. The predicted molar refractivity (Wildman–Crippen MR) is 78.7 cm³/mol. The molecule has 23 heavy (non-hydrogen) atoms. The Balaban J connectivity index is 2.08. The number of benzene rings is 2. The van der Waals surface area contributed by atoms with E-state index in [1.807, 2.05) is 12.3 Å². The highest BCUT2D eigenvalue weighted by atomic mass is 19.4. The zero-order valence-electron chi connectivity index (χ0n) is 12.1. The highest BCUT2D eigenvalue weighted by Crippen LogP contribution is 2.34. The van der Waals surface area contributed by atoms with Gasteiger partial charge in [0, 0.05) is 5.56 Å². The molecule has 2 aromatic rings. The van der Waals surface area contributed by atoms with Gasteiger partial charge in [0.1, 0.15) is 0 Å². The second-order valence-electron chi connectivity index (χ2n) is 4.82. The lowest BCUT2D eigenvalue weighted by Gasteiger charge is -2.14. The van der Waals surface area contributed by atoms with Crippen LogP contribution in [-0.2, 0) is 11.0 Å². The molecule has 4 nitrogen and oxygen atoms in total. The van der Waals surface area contributed by atoms with Gasteiger partial charge in [-0.1, -0.05) is 42.0 Å². The molecule has 0 saturated heterocycles. The van der Waals surface area contributed by atoms with Crippen LogP contribution < -0.4 is 10.9 Å². The minimum Gasteiger partial charge on any atom is -0.298 e. The third kappa shape index (κ3) is 4.09. The molecular weight excluding hydrogens is 309 g/mol. The number of hydrogen-bond acceptors (Lipinski definition) is 3. The van der Waals surface area contributed by atoms with E-state index in [0.717, 1.165) is 17.7 Å². The summed E-state index contributed by atoms with van der Waals surface area (Å²) >= 11 is 0. The molecule has 7 heteroatoms. The largest absolute Gasteiger partial charge is 0.418 e. The number of alkyl halides is 3. The van der Waals surface area contributed by atoms with Gasteiger partial charge in [0.2, 0.25) is 0 Å². The number of para-hydroxylation sites is 1. The number of nitrogens with one attached hydrogen (secondary N) is 2. The van der Waals surface area contributed by atoms with E-state index in [2.05, 4.69) is 5.43 Å². The maximum Gasteiger partial charge on any atom is 0.418 e. The monoisotopic (exact) mass is 322 g/mol. The van der Waals surface area contributed by atoms with Crippen molar-refractivity contribution in [2.45, 2.75) is 13.1 Å². The summed E-state index contributed by atoms with van der Waals surface area (Å²) < 4.78 is 38.4. The van der Waals surface area contributed by atoms with Gasteiger partial charge in [0.25, 0.3) is 5.78 Å². The summed E-state index contributed by atoms with van der Waals surface area (Å²) in [5.74, 6) is -1.90. The van der Waals surface area contributed by atoms with Gasteiger partial charge in [-0.2, -0.15) is 13.2 Å². The van der Waals surface area contributed by atoms with Gasteiger partial charge < -0.3 is 0 Å². The van der Waals surface area contributed by atoms with E-state index in [0.29, 0.717) is 0 Å². The molecule has 0 aliphatic rings. The van der Waals surface area contributed by atoms with Crippen molar-refractivity contribution in [3.05, 3.63) is 65.2 Å². The van der Waals surface area contributed by atoms with Gasteiger partial charge in [-0.3, -0.25) is 20.4 Å². The molecule has 0 aliphatic heterocycles. The topological polar surface area (TPSA) is 58.2 Å². The van der Waals surface area contributed by atoms with E-state index in [1.165, 1.54) is 24.3 Å². The standard InChI is InChI=1S/C16H13F3N2O2/c1-10-6-8-11(9-7-10)14(22)15(23)21-20-13-5-3-2-4-12(13)16(17,18)19/h2-9,20H,1H3,(H,21,23). The summed E-state index contributed by atoms with van der Waals surface area (Å²) in [5, 5.41) is 0. The number of halogens is 3. The van der Waals surface area contributed by atoms with Crippen molar-refractivity contribution in [1.82, 2.24) is 5.43 Å². The quantitative estimate of drug-likeness (QED) is 0.516. The molecule has 2 rings (SSSR count). The summed E-state index contributed by atoms with van der Waals surface area (Å²) in [4.78, 5) is 23.6. The number of carbonyl (C=O) groups is 2. The van der Waals surface area contributed by atoms with E-state index in [9.17, 15) is 22.8 Å². The fraction of sp³-hybridized carbons (Fsp3) is 0.125. The molecule has 120 valence electrons. The van der Waals surface area contributed by atoms with Crippen molar-refractivity contribution >= 4 is 17.4 Å². The zero-order valence-corrected chi connectivity index (χ0v) is 12.1. The Morgan fingerprint density at radius 2 is 1.57 bits per heavy atom. The van der Waals surface area contributed by atoms with Crippen molar-refractivity contribution in [2.24, 2.45) is 0 Å². The summed E-state index contributed by atoms with van der Waals surface area (Å²) in [6.45, 7) is 1.82. The van der Waals surface area contributed by atoms with Crippen LogP contribution in [0.3, 0.4) is 0 Å². The van der Waals surface area contributed by atoms with Crippen molar-refractivity contribution in [3.63, 3.8) is 0 Å². The molecule has 1 amide bonds. The van der Waals surface area contributed by atoms with Crippen LogP contribution in [0, 0.1) is 6.92 Å². The number of rotatable bonds is 4. The minimum absolute atomic E-state index is 0.152. The molecule has 0 heterocycles. The van der Waals surface area contributed by atoms with Crippen molar-refractivity contribution in [2.75, 3.05) is 5.43 Å². The molecular formula is C16H13F3N2O2. The SMILES string of the molecule is Cc1ccc(C(=O)C(=O)NNc2ccccc2C(F)(F)F)cc1. The normalized spacial score (nSPS) is 11.0. The van der Waals surface area contributed by atoms with Crippen LogP contribution in [0.15, 0.2) is 48.5 Å². The first-order chi connectivity index (χ1) is 10.8. The predicted octanol–water partition coefficient (Wildman–Crippen LogP) is 3.34. The van der Waals surface area contributed by atoms with Gasteiger partial charge >= 0.3 is 12.1 Å². The average Bonchev–Trinajstić information content (AvgIpc) is 2.52. The van der Waals surface area contributed by atoms with Crippen LogP contribution in [-0.4, -0.2) is 11.7 Å². The number of hydrazine groups is 1. The highest BCUT2D eigenvalue weighted by molar-refractivity contribution is 6.42. The number of Topliss-reactive ketones (excluding diaryl/α,β-unsaturated/α-hetero) is 1. The number of ketones is 1. The Morgan fingerprint density at radius 1 is 0.957 bits per heavy atom. The van der Waals surface area contributed by atoms with Crippen molar-refractivity contribution in [3.8, 4) is 0 Å². The lowest BCUT2D eigenvalue weighted by Crippen LogP contribution is -2.36. The second-order valence-corrected chi connectivity index (χ2v) is 4.82. The lowest BCUT2D eigenvalue weighted by molar-refractivity contribution is -0.137. The molecule has 0 spiro atoms. The van der Waals surface area contributed by atoms with Crippen molar-refractivity contribution < 1.29 is 22.8 Å². The Hall–Kier alpha value is -2.83. The van der Waals surface area contributed by atoms with Crippen LogP contribution in [0.25, 0.3) is 0 Å². The summed E-state index contributed by atoms with van der Waals surface area (Å²) in [6.07, 6.45) is -4.57. The third-order valence-corrected chi connectivity index (χ3v) is 3.06. The number of hydrogen-bond donors (Lipinski definition) is 2. The van der Waals surface area contributed by atoms with Crippen LogP contribution in [0.2, 0.25) is 0 Å². The lowest BCUT2D eigenvalue weighted by atomic mass is 10.1. The molecule has 0 bridgehead atoms. The number of amides is 1. The van der Waals surface area contributed by atoms with Gasteiger partial charge in [0.05, 0.1) is 11.3 Å². The summed E-state index contributed by atoms with van der Waals surface area (Å²) in [7, 11) is 0. The molecule has 0 radical (unpaired) electrons. The molecule has 0 atom stereocenters. The number of carbonyl (C=O) groups excluding carboxylic acids is 2. The molecule has 0 aromatic heterocycles. The first-order valence-corrected chi connectivity index (χ1v) is 6.62. The Labute approximate surface area is 130 Å². The maximum atomic E-state index is 12.8. The van der Waals surface area contributed by atoms with Crippen LogP contribution in [0.5, 0.6) is 0 Å². The zero-order chi connectivity index (χ0) is 17.0. The first-order valence-electron chi connectivity index (χ1n) is 6.62. The number of anilines is 1. The van der Waals surface area contributed by atoms with Crippen LogP contribution >= 0.6 is 0 Å². The molecule has 0 aliphatic carbocycles. The minimum atomic E-state index is -4.57. The fourth-order valence-corrected chi connectivity index (χ4v) is 1.86. The molecule has 0 unspecified atom stereocenters. The molecule has 2 N–H and O–H groups in total. The van der Waals surface area contributed by atoms with E-state index in [4.69, 9.17) is 0 Å². The number of aryl methyl sites for hydroxylation is 1. The maximum absolute atomic E-state index is 12.8. The fourth-order valence-electron chi connectivity index (χ4n) is 1.86. The van der Waals surface area contributed by atoms with Crippen LogP contribution in [0.1, 0.15) is 21.5 Å². The smallest absolute Gasteiger partial charge is 0.298 e. The summed E-state index contributed by atoms with van der Waals surface area (Å²) in [6, 6.07) is 10.9. The Kier molecular flexibility index (Phi) is 4.68. The van der Waals surface area contributed by atoms with E-state index >= 15 is 0 Å². The Morgan fingerprint density at radius 3 is 2.17 bits per heavy atom. The van der Waals surface area contributed by atoms with E-state index in [1.54, 1.807) is 12.1 Å². The van der Waals surface area contributed by atoms with E-state index < -0.39 is 23.4 Å². The van der Waals surface area contributed by atoms with Gasteiger partial charge in [-0.05, 0) is 19.1 Å². The Bertz CT molecular complexity index is 725. The third-order valence-electron chi connectivity index (χ3n) is 3.06. The molecule has 0 fully saturated rings. The van der Waals surface area contributed by atoms with Gasteiger partial charge in [-0.15, -0.1) is 0 Å². The molecule has 2 aromatic carbocycles. The first kappa shape index (κ1) is 16.5. The average molecular weight is 322 g/mol. The second kappa shape index (κ2) is 6.51. The van der Waals surface area contributed by atoms with Gasteiger partial charge in [0.15, 0.2) is 0 Å². The van der Waals surface area contributed by atoms with Gasteiger partial charge in [-0.25, -0.2) is 0 Å². The molecule has 0 saturated carbocycles. The van der Waals surface area contributed by atoms with Crippen LogP contribution in [0.4, 0.5) is 18.9 Å². The van der Waals surface area contributed by atoms with E-state index in [-0.39, 0.29) is 11.3 Å².